The van der Waals surface area contributed by atoms with E-state index in [9.17, 15) is 0 Å². The molecule has 1 aromatic carbocycles. The second-order valence-electron chi connectivity index (χ2n) is 4.63. The van der Waals surface area contributed by atoms with Crippen LogP contribution in [0.15, 0.2) is 36.5 Å². The van der Waals surface area contributed by atoms with E-state index in [0.717, 1.165) is 38.7 Å². The van der Waals surface area contributed by atoms with E-state index in [1.165, 1.54) is 4.88 Å². The Morgan fingerprint density at radius 3 is 2.85 bits per heavy atom. The lowest BCUT2D eigenvalue weighted by molar-refractivity contribution is 1.19. The van der Waals surface area contributed by atoms with Gasteiger partial charge in [0.25, 0.3) is 0 Å². The van der Waals surface area contributed by atoms with Crippen LogP contribution in [0.1, 0.15) is 10.6 Å². The zero-order valence-corrected chi connectivity index (χ0v) is 12.6. The first-order valence-corrected chi connectivity index (χ1v) is 7.46. The van der Waals surface area contributed by atoms with Gasteiger partial charge in [0.05, 0.1) is 4.34 Å². The van der Waals surface area contributed by atoms with Gasteiger partial charge in [-0.3, -0.25) is 4.98 Å². The van der Waals surface area contributed by atoms with Crippen LogP contribution in [-0.4, -0.2) is 4.98 Å². The molecule has 0 saturated heterocycles. The first-order chi connectivity index (χ1) is 9.63. The van der Waals surface area contributed by atoms with Gasteiger partial charge in [0.1, 0.15) is 0 Å². The Bertz CT molecular complexity index is 767. The monoisotopic (exact) mass is 303 g/mol. The number of fused-ring (bicyclic) bond motifs is 1. The third kappa shape index (κ3) is 2.57. The summed E-state index contributed by atoms with van der Waals surface area (Å²) in [6, 6.07) is 9.91. The lowest BCUT2D eigenvalue weighted by Gasteiger charge is -2.11. The maximum atomic E-state index is 6.00. The first-order valence-electron chi connectivity index (χ1n) is 6.26. The van der Waals surface area contributed by atoms with Crippen LogP contribution >= 0.6 is 22.9 Å². The molecular formula is C15H14ClN3S. The molecule has 3 rings (SSSR count). The lowest BCUT2D eigenvalue weighted by atomic mass is 10.1. The van der Waals surface area contributed by atoms with Crippen molar-refractivity contribution in [3.05, 3.63) is 51.4 Å². The van der Waals surface area contributed by atoms with Crippen molar-refractivity contribution >= 4 is 45.1 Å². The molecule has 3 nitrogen and oxygen atoms in total. The van der Waals surface area contributed by atoms with Gasteiger partial charge in [0, 0.05) is 45.5 Å². The Hall–Kier alpha value is -1.78. The summed E-state index contributed by atoms with van der Waals surface area (Å²) in [4.78, 5) is 5.51. The number of pyridine rings is 1. The summed E-state index contributed by atoms with van der Waals surface area (Å²) >= 11 is 7.53. The normalized spacial score (nSPS) is 10.9. The highest BCUT2D eigenvalue weighted by Crippen LogP contribution is 2.29. The lowest BCUT2D eigenvalue weighted by Crippen LogP contribution is -2.00. The van der Waals surface area contributed by atoms with Gasteiger partial charge in [-0.25, -0.2) is 0 Å². The van der Waals surface area contributed by atoms with Gasteiger partial charge in [-0.2, -0.15) is 0 Å². The fraction of sp³-hybridized carbons (Fsp3) is 0.133. The molecule has 3 N–H and O–H groups in total. The highest BCUT2D eigenvalue weighted by molar-refractivity contribution is 7.16. The number of aryl methyl sites for hydroxylation is 1. The molecule has 0 atom stereocenters. The smallest absolute Gasteiger partial charge is 0.0931 e. The summed E-state index contributed by atoms with van der Waals surface area (Å²) in [6.07, 6.45) is 1.83. The fourth-order valence-corrected chi connectivity index (χ4v) is 3.18. The number of nitrogens with zero attached hydrogens (tertiary/aromatic N) is 1. The highest BCUT2D eigenvalue weighted by Gasteiger charge is 2.06. The van der Waals surface area contributed by atoms with Crippen LogP contribution in [0.2, 0.25) is 4.34 Å². The zero-order chi connectivity index (χ0) is 14.1. The number of nitrogens with one attached hydrogen (secondary N) is 1. The number of thiophene rings is 1. The molecule has 0 aliphatic rings. The third-order valence-corrected chi connectivity index (χ3v) is 4.38. The molecular weight excluding hydrogens is 290 g/mol. The van der Waals surface area contributed by atoms with E-state index in [0.29, 0.717) is 0 Å². The first kappa shape index (κ1) is 13.2. The molecule has 0 amide bonds. The number of nitrogens with two attached hydrogens (primary N) is 1. The average molecular weight is 304 g/mol. The van der Waals surface area contributed by atoms with E-state index in [2.05, 4.69) is 16.4 Å². The van der Waals surface area contributed by atoms with Crippen molar-refractivity contribution in [3.8, 4) is 0 Å². The number of hydrogen-bond donors (Lipinski definition) is 2. The number of halogens is 1. The summed E-state index contributed by atoms with van der Waals surface area (Å²) in [5, 5.41) is 5.51. The van der Waals surface area contributed by atoms with E-state index in [4.69, 9.17) is 17.3 Å². The van der Waals surface area contributed by atoms with Gasteiger partial charge < -0.3 is 11.1 Å². The SMILES string of the molecule is Cc1cc2c(NCc3ccc(Cl)s3)ccc(N)c2cn1. The molecule has 0 radical (unpaired) electrons. The van der Waals surface area contributed by atoms with Gasteiger partial charge >= 0.3 is 0 Å². The van der Waals surface area contributed by atoms with E-state index < -0.39 is 0 Å². The molecule has 0 unspecified atom stereocenters. The summed E-state index contributed by atoms with van der Waals surface area (Å²) < 4.78 is 0.809. The Morgan fingerprint density at radius 2 is 2.10 bits per heavy atom. The molecule has 3 aromatic rings. The third-order valence-electron chi connectivity index (χ3n) is 3.15. The van der Waals surface area contributed by atoms with Gasteiger partial charge in [0.15, 0.2) is 0 Å². The van der Waals surface area contributed by atoms with Gasteiger partial charge in [-0.05, 0) is 37.3 Å². The molecule has 102 valence electrons. The van der Waals surface area contributed by atoms with Crippen LogP contribution in [0, 0.1) is 6.92 Å². The van der Waals surface area contributed by atoms with E-state index in [-0.39, 0.29) is 0 Å². The van der Waals surface area contributed by atoms with Gasteiger partial charge in [-0.15, -0.1) is 11.3 Å². The molecule has 0 saturated carbocycles. The van der Waals surface area contributed by atoms with Crippen molar-refractivity contribution in [1.82, 2.24) is 4.98 Å². The van der Waals surface area contributed by atoms with Crippen LogP contribution in [0.5, 0.6) is 0 Å². The average Bonchev–Trinajstić information content (AvgIpc) is 2.84. The Kier molecular flexibility index (Phi) is 3.51. The highest BCUT2D eigenvalue weighted by atomic mass is 35.5. The molecule has 0 aliphatic heterocycles. The molecule has 0 spiro atoms. The minimum Gasteiger partial charge on any atom is -0.398 e. The van der Waals surface area contributed by atoms with E-state index in [1.807, 2.05) is 37.4 Å². The second kappa shape index (κ2) is 5.31. The largest absolute Gasteiger partial charge is 0.398 e. The van der Waals surface area contributed by atoms with Crippen LogP contribution in [0.4, 0.5) is 11.4 Å². The van der Waals surface area contributed by atoms with E-state index in [1.54, 1.807) is 11.3 Å². The van der Waals surface area contributed by atoms with Crippen molar-refractivity contribution in [1.29, 1.82) is 0 Å². The standard InChI is InChI=1S/C15H14ClN3S/c1-9-6-11-12(8-18-9)13(17)3-4-14(11)19-7-10-2-5-15(16)20-10/h2-6,8,19H,7,17H2,1H3. The quantitative estimate of drug-likeness (QED) is 0.703. The maximum Gasteiger partial charge on any atom is 0.0931 e. The van der Waals surface area contributed by atoms with Crippen molar-refractivity contribution in [3.63, 3.8) is 0 Å². The number of benzene rings is 1. The molecule has 0 bridgehead atoms. The van der Waals surface area contributed by atoms with Crippen molar-refractivity contribution < 1.29 is 0 Å². The number of rotatable bonds is 3. The summed E-state index contributed by atoms with van der Waals surface area (Å²) in [5.41, 5.74) is 8.79. The van der Waals surface area contributed by atoms with Crippen molar-refractivity contribution in [2.45, 2.75) is 13.5 Å². The predicted octanol–water partition coefficient (Wildman–Crippen LogP) is 4.45. The number of aromatic nitrogens is 1. The number of nitrogen functional groups attached to an aromatic ring is 1. The van der Waals surface area contributed by atoms with Crippen molar-refractivity contribution in [2.75, 3.05) is 11.1 Å². The fourth-order valence-electron chi connectivity index (χ4n) is 2.15. The molecule has 2 heterocycles. The molecule has 0 aliphatic carbocycles. The second-order valence-corrected chi connectivity index (χ2v) is 6.43. The maximum absolute atomic E-state index is 6.00. The minimum atomic E-state index is 0.747. The number of anilines is 2. The molecule has 0 fully saturated rings. The Morgan fingerprint density at radius 1 is 1.25 bits per heavy atom. The van der Waals surface area contributed by atoms with Crippen molar-refractivity contribution in [2.24, 2.45) is 0 Å². The Balaban J connectivity index is 1.95. The van der Waals surface area contributed by atoms with E-state index >= 15 is 0 Å². The predicted molar refractivity (Wildman–Crippen MR) is 87.5 cm³/mol. The van der Waals surface area contributed by atoms with Crippen LogP contribution < -0.4 is 11.1 Å². The topological polar surface area (TPSA) is 50.9 Å². The Labute approximate surface area is 126 Å². The van der Waals surface area contributed by atoms with Crippen LogP contribution in [0.3, 0.4) is 0 Å². The van der Waals surface area contributed by atoms with Gasteiger partial charge in [-0.1, -0.05) is 11.6 Å². The minimum absolute atomic E-state index is 0.747. The molecule has 5 heteroatoms. The number of hydrogen-bond acceptors (Lipinski definition) is 4. The summed E-state index contributed by atoms with van der Waals surface area (Å²) in [5.74, 6) is 0. The van der Waals surface area contributed by atoms with Crippen LogP contribution in [-0.2, 0) is 6.54 Å². The van der Waals surface area contributed by atoms with Gasteiger partial charge in [0.2, 0.25) is 0 Å². The molecule has 2 aromatic heterocycles. The summed E-state index contributed by atoms with van der Waals surface area (Å²) in [6.45, 7) is 2.73. The van der Waals surface area contributed by atoms with Crippen LogP contribution in [0.25, 0.3) is 10.8 Å². The summed E-state index contributed by atoms with van der Waals surface area (Å²) in [7, 11) is 0. The molecule has 20 heavy (non-hydrogen) atoms. The zero-order valence-electron chi connectivity index (χ0n) is 11.0.